The van der Waals surface area contributed by atoms with Crippen molar-refractivity contribution in [3.8, 4) is 0 Å². The summed E-state index contributed by atoms with van der Waals surface area (Å²) in [5.74, 6) is 0. The van der Waals surface area contributed by atoms with Gasteiger partial charge in [0.1, 0.15) is 0 Å². The predicted octanol–water partition coefficient (Wildman–Crippen LogP) is 2.21. The fourth-order valence-corrected chi connectivity index (χ4v) is 0.535. The summed E-state index contributed by atoms with van der Waals surface area (Å²) in [6, 6.07) is 0. The molecule has 0 aromatic carbocycles. The fourth-order valence-electron chi connectivity index (χ4n) is 0.535. The topological polar surface area (TPSA) is 60.1 Å². The van der Waals surface area contributed by atoms with Gasteiger partial charge in [-0.3, -0.25) is 10.4 Å². The van der Waals surface area contributed by atoms with Crippen molar-refractivity contribution in [2.75, 3.05) is 0 Å². The van der Waals surface area contributed by atoms with Gasteiger partial charge in [0.25, 0.3) is 0 Å². The summed E-state index contributed by atoms with van der Waals surface area (Å²) in [4.78, 5) is 3.84. The van der Waals surface area contributed by atoms with Crippen molar-refractivity contribution in [1.29, 1.82) is 10.8 Å². The zero-order valence-corrected chi connectivity index (χ0v) is 7.39. The predicted molar refractivity (Wildman–Crippen MR) is 53.6 cm³/mol. The van der Waals surface area contributed by atoms with Gasteiger partial charge in [0.15, 0.2) is 0 Å². The van der Waals surface area contributed by atoms with E-state index in [1.54, 1.807) is 26.0 Å². The number of aliphatic imine (C=N–C) groups is 1. The molecule has 0 saturated carbocycles. The maximum absolute atomic E-state index is 7.43. The van der Waals surface area contributed by atoms with Crippen molar-refractivity contribution >= 4 is 17.1 Å². The van der Waals surface area contributed by atoms with Gasteiger partial charge in [0.2, 0.25) is 0 Å². The molecule has 2 N–H and O–H groups in total. The second-order valence-electron chi connectivity index (χ2n) is 2.33. The SMILES string of the molecule is C=CN=C(C)C(=N)/C=C\C(C)=N. The Hall–Kier alpha value is -1.51. The van der Waals surface area contributed by atoms with Crippen LogP contribution in [0, 0.1) is 10.8 Å². The van der Waals surface area contributed by atoms with E-state index in [4.69, 9.17) is 10.8 Å². The summed E-state index contributed by atoms with van der Waals surface area (Å²) in [5, 5.41) is 14.5. The van der Waals surface area contributed by atoms with Crippen LogP contribution in [-0.2, 0) is 0 Å². The highest BCUT2D eigenvalue weighted by atomic mass is 14.7. The molecule has 3 nitrogen and oxygen atoms in total. The van der Waals surface area contributed by atoms with Gasteiger partial charge < -0.3 is 5.41 Å². The molecule has 3 heteroatoms. The molecule has 0 bridgehead atoms. The Kier molecular flexibility index (Phi) is 4.53. The third kappa shape index (κ3) is 4.33. The van der Waals surface area contributed by atoms with E-state index in [2.05, 4.69) is 11.6 Å². The number of nitrogens with one attached hydrogen (secondary N) is 2. The minimum Gasteiger partial charge on any atom is -0.306 e. The second-order valence-corrected chi connectivity index (χ2v) is 2.33. The van der Waals surface area contributed by atoms with Crippen LogP contribution in [0.3, 0.4) is 0 Å². The van der Waals surface area contributed by atoms with Crippen molar-refractivity contribution in [3.63, 3.8) is 0 Å². The summed E-state index contributed by atoms with van der Waals surface area (Å²) in [7, 11) is 0. The molecule has 0 spiro atoms. The van der Waals surface area contributed by atoms with E-state index in [0.717, 1.165) is 0 Å². The summed E-state index contributed by atoms with van der Waals surface area (Å²) < 4.78 is 0. The molecule has 0 rings (SSSR count). The number of allylic oxidation sites excluding steroid dienone is 2. The van der Waals surface area contributed by atoms with Crippen LogP contribution >= 0.6 is 0 Å². The first-order valence-corrected chi connectivity index (χ1v) is 3.55. The maximum Gasteiger partial charge on any atom is 0.0752 e. The van der Waals surface area contributed by atoms with E-state index < -0.39 is 0 Å². The van der Waals surface area contributed by atoms with Crippen molar-refractivity contribution in [2.45, 2.75) is 13.8 Å². The van der Waals surface area contributed by atoms with Crippen molar-refractivity contribution in [1.82, 2.24) is 0 Å². The van der Waals surface area contributed by atoms with Crippen LogP contribution in [0.2, 0.25) is 0 Å². The van der Waals surface area contributed by atoms with Crippen LogP contribution in [0.5, 0.6) is 0 Å². The first-order valence-electron chi connectivity index (χ1n) is 3.55. The van der Waals surface area contributed by atoms with Crippen LogP contribution in [0.25, 0.3) is 0 Å². The lowest BCUT2D eigenvalue weighted by Crippen LogP contribution is -2.04. The lowest BCUT2D eigenvalue weighted by molar-refractivity contribution is 1.49. The van der Waals surface area contributed by atoms with Gasteiger partial charge in [-0.2, -0.15) is 0 Å². The van der Waals surface area contributed by atoms with Crippen LogP contribution < -0.4 is 0 Å². The largest absolute Gasteiger partial charge is 0.306 e. The molecule has 0 aliphatic rings. The molecule has 0 heterocycles. The molecule has 0 radical (unpaired) electrons. The quantitative estimate of drug-likeness (QED) is 0.597. The van der Waals surface area contributed by atoms with E-state index in [0.29, 0.717) is 17.1 Å². The highest BCUT2D eigenvalue weighted by molar-refractivity contribution is 6.45. The van der Waals surface area contributed by atoms with E-state index in [1.807, 2.05) is 0 Å². The molecule has 0 aromatic rings. The highest BCUT2D eigenvalue weighted by Gasteiger charge is 1.93. The Morgan fingerprint density at radius 1 is 1.25 bits per heavy atom. The molecule has 12 heavy (non-hydrogen) atoms. The van der Waals surface area contributed by atoms with Gasteiger partial charge in [-0.25, -0.2) is 0 Å². The Morgan fingerprint density at radius 3 is 2.25 bits per heavy atom. The summed E-state index contributed by atoms with van der Waals surface area (Å²) in [6.07, 6.45) is 4.50. The maximum atomic E-state index is 7.43. The number of nitrogens with zero attached hydrogens (tertiary/aromatic N) is 1. The fraction of sp³-hybridized carbons (Fsp3) is 0.222. The van der Waals surface area contributed by atoms with Gasteiger partial charge in [0.05, 0.1) is 11.4 Å². The zero-order valence-electron chi connectivity index (χ0n) is 7.39. The first kappa shape index (κ1) is 10.5. The van der Waals surface area contributed by atoms with Crippen LogP contribution in [0.1, 0.15) is 13.8 Å². The molecule has 0 aromatic heterocycles. The minimum atomic E-state index is 0.307. The zero-order chi connectivity index (χ0) is 9.56. The number of rotatable bonds is 4. The van der Waals surface area contributed by atoms with Gasteiger partial charge in [-0.15, -0.1) is 0 Å². The third-order valence-electron chi connectivity index (χ3n) is 1.17. The molecule has 0 fully saturated rings. The molecule has 0 aliphatic carbocycles. The van der Waals surface area contributed by atoms with E-state index >= 15 is 0 Å². The Morgan fingerprint density at radius 2 is 1.83 bits per heavy atom. The van der Waals surface area contributed by atoms with Gasteiger partial charge in [0, 0.05) is 11.9 Å². The smallest absolute Gasteiger partial charge is 0.0752 e. The Labute approximate surface area is 72.5 Å². The van der Waals surface area contributed by atoms with Gasteiger partial charge in [-0.05, 0) is 26.0 Å². The molecule has 0 saturated heterocycles. The van der Waals surface area contributed by atoms with Crippen molar-refractivity contribution in [3.05, 3.63) is 24.9 Å². The van der Waals surface area contributed by atoms with Crippen LogP contribution in [-0.4, -0.2) is 17.1 Å². The van der Waals surface area contributed by atoms with Crippen molar-refractivity contribution in [2.24, 2.45) is 4.99 Å². The molecule has 64 valence electrons. The van der Waals surface area contributed by atoms with E-state index in [9.17, 15) is 0 Å². The highest BCUT2D eigenvalue weighted by Crippen LogP contribution is 1.86. The minimum absolute atomic E-state index is 0.307. The molecular weight excluding hydrogens is 150 g/mol. The summed E-state index contributed by atoms with van der Waals surface area (Å²) in [5.41, 5.74) is 1.33. The lowest BCUT2D eigenvalue weighted by Gasteiger charge is -1.93. The monoisotopic (exact) mass is 163 g/mol. The Bertz CT molecular complexity index is 259. The molecular formula is C9H13N3. The average molecular weight is 163 g/mol. The van der Waals surface area contributed by atoms with Crippen LogP contribution in [0.4, 0.5) is 0 Å². The molecule has 0 aliphatic heterocycles. The van der Waals surface area contributed by atoms with Crippen molar-refractivity contribution < 1.29 is 0 Å². The van der Waals surface area contributed by atoms with E-state index in [1.165, 1.54) is 6.20 Å². The number of hydrogen-bond donors (Lipinski definition) is 2. The number of hydrogen-bond acceptors (Lipinski definition) is 3. The summed E-state index contributed by atoms with van der Waals surface area (Å²) in [6.45, 7) is 6.81. The molecule has 0 atom stereocenters. The molecule has 0 unspecified atom stereocenters. The Balaban J connectivity index is 4.32. The normalized spacial score (nSPS) is 11.7. The van der Waals surface area contributed by atoms with E-state index in [-0.39, 0.29) is 0 Å². The standard InChI is InChI=1S/C9H13N3/c1-4-12-8(3)9(11)6-5-7(2)10/h4-6,10-11H,1H2,2-3H3/b6-5-,10-7?,11-9?,12-8?. The lowest BCUT2D eigenvalue weighted by atomic mass is 10.2. The average Bonchev–Trinajstić information content (AvgIpc) is 2.00. The molecule has 0 amide bonds. The van der Waals surface area contributed by atoms with Crippen LogP contribution in [0.15, 0.2) is 29.9 Å². The second kappa shape index (κ2) is 5.18. The first-order chi connectivity index (χ1) is 5.57. The summed E-state index contributed by atoms with van der Waals surface area (Å²) >= 11 is 0. The van der Waals surface area contributed by atoms with Gasteiger partial charge in [-0.1, -0.05) is 6.58 Å². The van der Waals surface area contributed by atoms with Gasteiger partial charge >= 0.3 is 0 Å². The third-order valence-corrected chi connectivity index (χ3v) is 1.17.